The van der Waals surface area contributed by atoms with Crippen LogP contribution in [-0.2, 0) is 6.42 Å². The van der Waals surface area contributed by atoms with Crippen LogP contribution >= 0.6 is 27.3 Å². The summed E-state index contributed by atoms with van der Waals surface area (Å²) in [5.41, 5.74) is 1.26. The van der Waals surface area contributed by atoms with Crippen molar-refractivity contribution in [1.29, 1.82) is 0 Å². The van der Waals surface area contributed by atoms with E-state index in [1.165, 1.54) is 14.9 Å². The molecule has 2 aromatic rings. The van der Waals surface area contributed by atoms with Crippen LogP contribution < -0.4 is 5.32 Å². The molecule has 0 aliphatic heterocycles. The van der Waals surface area contributed by atoms with Gasteiger partial charge in [0, 0.05) is 27.8 Å². The molecule has 2 aromatic heterocycles. The molecule has 0 aliphatic carbocycles. The van der Waals surface area contributed by atoms with Gasteiger partial charge in [-0.15, -0.1) is 11.3 Å². The van der Waals surface area contributed by atoms with Crippen LogP contribution in [0.4, 0.5) is 0 Å². The maximum absolute atomic E-state index is 4.17. The normalized spacial score (nSPS) is 12.6. The second kappa shape index (κ2) is 6.28. The molecule has 2 nitrogen and oxygen atoms in total. The summed E-state index contributed by atoms with van der Waals surface area (Å²) < 4.78 is 1.19. The molecule has 17 heavy (non-hydrogen) atoms. The van der Waals surface area contributed by atoms with Crippen molar-refractivity contribution in [2.24, 2.45) is 0 Å². The van der Waals surface area contributed by atoms with Gasteiger partial charge in [-0.3, -0.25) is 4.98 Å². The lowest BCUT2D eigenvalue weighted by molar-refractivity contribution is 0.556. The molecule has 1 unspecified atom stereocenters. The number of rotatable bonds is 5. The first-order chi connectivity index (χ1) is 8.31. The van der Waals surface area contributed by atoms with E-state index in [4.69, 9.17) is 0 Å². The summed E-state index contributed by atoms with van der Waals surface area (Å²) in [6.07, 6.45) is 4.72. The predicted molar refractivity (Wildman–Crippen MR) is 76.4 cm³/mol. The van der Waals surface area contributed by atoms with Crippen molar-refractivity contribution in [1.82, 2.24) is 10.3 Å². The molecular weight excluding hydrogens is 296 g/mol. The quantitative estimate of drug-likeness (QED) is 0.908. The lowest BCUT2D eigenvalue weighted by atomic mass is 10.1. The first kappa shape index (κ1) is 12.7. The summed E-state index contributed by atoms with van der Waals surface area (Å²) in [5.74, 6) is 0. The maximum Gasteiger partial charge on any atom is 0.0467 e. The molecule has 0 amide bonds. The topological polar surface area (TPSA) is 24.9 Å². The highest BCUT2D eigenvalue weighted by molar-refractivity contribution is 9.10. The summed E-state index contributed by atoms with van der Waals surface area (Å²) >= 11 is 5.39. The first-order valence-electron chi connectivity index (χ1n) is 5.66. The molecule has 0 aliphatic rings. The Morgan fingerprint density at radius 2 is 2.35 bits per heavy atom. The number of nitrogens with one attached hydrogen (secondary N) is 1. The standard InChI is InChI=1S/C13H15BrN2S/c1-2-16-12(13-11(14)5-7-17-13)8-10-4-3-6-15-9-10/h3-7,9,12,16H,2,8H2,1H3. The van der Waals surface area contributed by atoms with E-state index >= 15 is 0 Å². The molecule has 0 saturated carbocycles. The van der Waals surface area contributed by atoms with Gasteiger partial charge in [0.05, 0.1) is 0 Å². The summed E-state index contributed by atoms with van der Waals surface area (Å²) in [7, 11) is 0. The summed E-state index contributed by atoms with van der Waals surface area (Å²) in [4.78, 5) is 5.52. The first-order valence-corrected chi connectivity index (χ1v) is 7.33. The van der Waals surface area contributed by atoms with Gasteiger partial charge in [-0.1, -0.05) is 13.0 Å². The zero-order valence-corrected chi connectivity index (χ0v) is 12.1. The molecule has 90 valence electrons. The number of aromatic nitrogens is 1. The van der Waals surface area contributed by atoms with Crippen LogP contribution in [0.5, 0.6) is 0 Å². The second-order valence-electron chi connectivity index (χ2n) is 3.81. The Bertz CT molecular complexity index is 455. The van der Waals surface area contributed by atoms with E-state index in [0.29, 0.717) is 6.04 Å². The predicted octanol–water partition coefficient (Wildman–Crippen LogP) is 3.80. The lowest BCUT2D eigenvalue weighted by Crippen LogP contribution is -2.22. The molecule has 0 aromatic carbocycles. The Morgan fingerprint density at radius 1 is 1.47 bits per heavy atom. The van der Waals surface area contributed by atoms with Crippen LogP contribution in [-0.4, -0.2) is 11.5 Å². The van der Waals surface area contributed by atoms with Crippen molar-refractivity contribution < 1.29 is 0 Å². The molecule has 0 saturated heterocycles. The largest absolute Gasteiger partial charge is 0.309 e. The molecule has 2 heterocycles. The number of hydrogen-bond donors (Lipinski definition) is 1. The van der Waals surface area contributed by atoms with E-state index in [1.807, 2.05) is 18.5 Å². The molecule has 0 bridgehead atoms. The summed E-state index contributed by atoms with van der Waals surface area (Å²) in [6.45, 7) is 3.10. The molecular formula is C13H15BrN2S. The highest BCUT2D eigenvalue weighted by Crippen LogP contribution is 2.30. The van der Waals surface area contributed by atoms with Gasteiger partial charge in [-0.2, -0.15) is 0 Å². The molecule has 1 atom stereocenters. The fourth-order valence-electron chi connectivity index (χ4n) is 1.81. The average Bonchev–Trinajstić information content (AvgIpc) is 2.76. The van der Waals surface area contributed by atoms with Crippen LogP contribution in [0, 0.1) is 0 Å². The number of thiophene rings is 1. The van der Waals surface area contributed by atoms with Crippen molar-refractivity contribution in [3.8, 4) is 0 Å². The molecule has 0 spiro atoms. The zero-order chi connectivity index (χ0) is 12.1. The van der Waals surface area contributed by atoms with Gasteiger partial charge in [-0.25, -0.2) is 0 Å². The monoisotopic (exact) mass is 310 g/mol. The van der Waals surface area contributed by atoms with E-state index in [2.05, 4.69) is 50.7 Å². The molecule has 0 fully saturated rings. The molecule has 0 radical (unpaired) electrons. The highest BCUT2D eigenvalue weighted by atomic mass is 79.9. The van der Waals surface area contributed by atoms with Gasteiger partial charge in [-0.05, 0) is 52.0 Å². The number of pyridine rings is 1. The minimum atomic E-state index is 0.360. The van der Waals surface area contributed by atoms with Gasteiger partial charge in [0.25, 0.3) is 0 Å². The minimum Gasteiger partial charge on any atom is -0.309 e. The van der Waals surface area contributed by atoms with Crippen molar-refractivity contribution in [2.75, 3.05) is 6.54 Å². The SMILES string of the molecule is CCNC(Cc1cccnc1)c1sccc1Br. The average molecular weight is 311 g/mol. The van der Waals surface area contributed by atoms with E-state index in [1.54, 1.807) is 11.3 Å². The second-order valence-corrected chi connectivity index (χ2v) is 5.61. The Balaban J connectivity index is 2.16. The Hall–Kier alpha value is -0.710. The fraction of sp³-hybridized carbons (Fsp3) is 0.308. The van der Waals surface area contributed by atoms with Crippen LogP contribution in [0.3, 0.4) is 0 Å². The minimum absolute atomic E-state index is 0.360. The van der Waals surface area contributed by atoms with Gasteiger partial charge in [0.15, 0.2) is 0 Å². The summed E-state index contributed by atoms with van der Waals surface area (Å²) in [5, 5.41) is 5.65. The fourth-order valence-corrected chi connectivity index (χ4v) is 3.54. The highest BCUT2D eigenvalue weighted by Gasteiger charge is 2.15. The van der Waals surface area contributed by atoms with Crippen LogP contribution in [0.25, 0.3) is 0 Å². The van der Waals surface area contributed by atoms with Crippen molar-refractivity contribution in [3.63, 3.8) is 0 Å². The lowest BCUT2D eigenvalue weighted by Gasteiger charge is -2.17. The maximum atomic E-state index is 4.17. The van der Waals surface area contributed by atoms with E-state index in [9.17, 15) is 0 Å². The van der Waals surface area contributed by atoms with Crippen LogP contribution in [0.1, 0.15) is 23.4 Å². The van der Waals surface area contributed by atoms with E-state index < -0.39 is 0 Å². The summed E-state index contributed by atoms with van der Waals surface area (Å²) in [6, 6.07) is 6.58. The van der Waals surface area contributed by atoms with Crippen LogP contribution in [0.15, 0.2) is 40.4 Å². The van der Waals surface area contributed by atoms with Crippen LogP contribution in [0.2, 0.25) is 0 Å². The Kier molecular flexibility index (Phi) is 4.71. The zero-order valence-electron chi connectivity index (χ0n) is 9.69. The van der Waals surface area contributed by atoms with Crippen molar-refractivity contribution in [3.05, 3.63) is 50.9 Å². The van der Waals surface area contributed by atoms with Gasteiger partial charge < -0.3 is 5.32 Å². The third-order valence-electron chi connectivity index (χ3n) is 2.57. The van der Waals surface area contributed by atoms with E-state index in [0.717, 1.165) is 13.0 Å². The Morgan fingerprint density at radius 3 is 2.94 bits per heavy atom. The number of hydrogen-bond acceptors (Lipinski definition) is 3. The molecule has 4 heteroatoms. The van der Waals surface area contributed by atoms with Gasteiger partial charge in [0.2, 0.25) is 0 Å². The van der Waals surface area contributed by atoms with E-state index in [-0.39, 0.29) is 0 Å². The third-order valence-corrected chi connectivity index (χ3v) is 4.56. The Labute approximate surface area is 114 Å². The number of nitrogens with zero attached hydrogens (tertiary/aromatic N) is 1. The number of likely N-dealkylation sites (N-methyl/N-ethyl adjacent to an activating group) is 1. The molecule has 2 rings (SSSR count). The smallest absolute Gasteiger partial charge is 0.0467 e. The molecule has 1 N–H and O–H groups in total. The number of halogens is 1. The van der Waals surface area contributed by atoms with Gasteiger partial charge in [0.1, 0.15) is 0 Å². The van der Waals surface area contributed by atoms with Crippen molar-refractivity contribution in [2.45, 2.75) is 19.4 Å². The van der Waals surface area contributed by atoms with Crippen molar-refractivity contribution >= 4 is 27.3 Å². The van der Waals surface area contributed by atoms with Gasteiger partial charge >= 0.3 is 0 Å². The third kappa shape index (κ3) is 3.37.